The van der Waals surface area contributed by atoms with Gasteiger partial charge in [-0.15, -0.1) is 0 Å². The first-order valence-corrected chi connectivity index (χ1v) is 9.52. The van der Waals surface area contributed by atoms with Crippen molar-refractivity contribution in [3.8, 4) is 0 Å². The van der Waals surface area contributed by atoms with E-state index >= 15 is 0 Å². The lowest BCUT2D eigenvalue weighted by Crippen LogP contribution is -2.23. The summed E-state index contributed by atoms with van der Waals surface area (Å²) >= 11 is 0. The van der Waals surface area contributed by atoms with Gasteiger partial charge in [-0.25, -0.2) is 8.42 Å². The van der Waals surface area contributed by atoms with Crippen LogP contribution in [0, 0.1) is 0 Å². The van der Waals surface area contributed by atoms with Gasteiger partial charge in [0.15, 0.2) is 0 Å². The van der Waals surface area contributed by atoms with Gasteiger partial charge in [-0.05, 0) is 55.0 Å². The molecule has 1 aromatic heterocycles. The molecule has 1 amide bonds. The second kappa shape index (κ2) is 5.93. The van der Waals surface area contributed by atoms with E-state index < -0.39 is 10.0 Å². The maximum atomic E-state index is 12.6. The Morgan fingerprint density at radius 2 is 1.84 bits per heavy atom. The van der Waals surface area contributed by atoms with Crippen molar-refractivity contribution in [2.75, 3.05) is 16.2 Å². The topological polar surface area (TPSA) is 82.3 Å². The molecule has 1 aliphatic rings. The highest BCUT2D eigenvalue weighted by Crippen LogP contribution is 2.25. The molecule has 0 bridgehead atoms. The summed E-state index contributed by atoms with van der Waals surface area (Å²) in [6, 6.07) is 13.6. The van der Waals surface area contributed by atoms with Crippen LogP contribution in [0.15, 0.2) is 59.6 Å². The van der Waals surface area contributed by atoms with E-state index in [4.69, 9.17) is 0 Å². The zero-order valence-corrected chi connectivity index (χ0v) is 14.2. The van der Waals surface area contributed by atoms with Crippen molar-refractivity contribution < 1.29 is 13.2 Å². The number of hydrogen-bond acceptors (Lipinski definition) is 3. The molecule has 2 heterocycles. The van der Waals surface area contributed by atoms with Gasteiger partial charge in [-0.2, -0.15) is 0 Å². The fraction of sp³-hybridized carbons (Fsp3) is 0.167. The van der Waals surface area contributed by atoms with Crippen LogP contribution >= 0.6 is 0 Å². The second-order valence-electron chi connectivity index (χ2n) is 6.03. The molecule has 4 rings (SSSR count). The number of sulfonamides is 1. The normalized spacial score (nSPS) is 15.0. The lowest BCUT2D eigenvalue weighted by atomic mass is 10.2. The Kier molecular flexibility index (Phi) is 3.73. The van der Waals surface area contributed by atoms with E-state index in [1.165, 1.54) is 12.1 Å². The van der Waals surface area contributed by atoms with Gasteiger partial charge < -0.3 is 9.88 Å². The summed E-state index contributed by atoms with van der Waals surface area (Å²) in [5, 5.41) is 0.933. The van der Waals surface area contributed by atoms with Crippen LogP contribution in [0.4, 0.5) is 11.4 Å². The van der Waals surface area contributed by atoms with E-state index in [2.05, 4.69) is 9.71 Å². The number of fused-ring (bicyclic) bond motifs is 1. The van der Waals surface area contributed by atoms with Gasteiger partial charge in [0.05, 0.1) is 4.90 Å². The molecule has 1 aliphatic heterocycles. The van der Waals surface area contributed by atoms with Gasteiger partial charge in [-0.1, -0.05) is 0 Å². The highest BCUT2D eigenvalue weighted by Gasteiger charge is 2.22. The summed E-state index contributed by atoms with van der Waals surface area (Å²) in [5.74, 6) is 0.0773. The number of aromatic amines is 1. The van der Waals surface area contributed by atoms with Crippen molar-refractivity contribution in [1.29, 1.82) is 0 Å². The Bertz CT molecular complexity index is 1040. The molecule has 1 saturated heterocycles. The summed E-state index contributed by atoms with van der Waals surface area (Å²) in [6.07, 6.45) is 3.19. The maximum Gasteiger partial charge on any atom is 0.261 e. The zero-order chi connectivity index (χ0) is 17.4. The minimum absolute atomic E-state index is 0.0773. The maximum absolute atomic E-state index is 12.6. The molecule has 3 aromatic rings. The minimum Gasteiger partial charge on any atom is -0.361 e. The Hall–Kier alpha value is -2.80. The molecule has 0 spiro atoms. The van der Waals surface area contributed by atoms with Crippen LogP contribution in [0.5, 0.6) is 0 Å². The van der Waals surface area contributed by atoms with Gasteiger partial charge in [-0.3, -0.25) is 9.52 Å². The summed E-state index contributed by atoms with van der Waals surface area (Å²) in [5.41, 5.74) is 2.18. The molecule has 25 heavy (non-hydrogen) atoms. The number of nitrogens with zero attached hydrogens (tertiary/aromatic N) is 1. The van der Waals surface area contributed by atoms with Crippen molar-refractivity contribution in [1.82, 2.24) is 4.98 Å². The van der Waals surface area contributed by atoms with Gasteiger partial charge >= 0.3 is 0 Å². The number of amides is 1. The average Bonchev–Trinajstić information content (AvgIpc) is 3.23. The van der Waals surface area contributed by atoms with Gasteiger partial charge in [0, 0.05) is 41.4 Å². The third kappa shape index (κ3) is 2.98. The predicted octanol–water partition coefficient (Wildman–Crippen LogP) is 3.10. The number of aromatic nitrogens is 1. The molecule has 0 unspecified atom stereocenters. The number of benzene rings is 2. The largest absolute Gasteiger partial charge is 0.361 e. The van der Waals surface area contributed by atoms with E-state index in [1.807, 2.05) is 12.1 Å². The quantitative estimate of drug-likeness (QED) is 0.754. The molecule has 2 aromatic carbocycles. The van der Waals surface area contributed by atoms with E-state index in [9.17, 15) is 13.2 Å². The molecule has 2 N–H and O–H groups in total. The van der Waals surface area contributed by atoms with Crippen LogP contribution in [0.25, 0.3) is 10.9 Å². The number of carbonyl (C=O) groups excluding carboxylic acids is 1. The molecule has 0 atom stereocenters. The summed E-state index contributed by atoms with van der Waals surface area (Å²) in [6.45, 7) is 0.680. The molecule has 128 valence electrons. The number of hydrogen-bond donors (Lipinski definition) is 2. The summed E-state index contributed by atoms with van der Waals surface area (Å²) < 4.78 is 27.7. The first-order chi connectivity index (χ1) is 12.0. The highest BCUT2D eigenvalue weighted by atomic mass is 32.2. The average molecular weight is 355 g/mol. The van der Waals surface area contributed by atoms with Crippen LogP contribution in [0.1, 0.15) is 12.8 Å². The van der Waals surface area contributed by atoms with Gasteiger partial charge in [0.2, 0.25) is 5.91 Å². The van der Waals surface area contributed by atoms with Crippen molar-refractivity contribution in [3.63, 3.8) is 0 Å². The standard InChI is InChI=1S/C18H17N3O3S/c22-18-2-1-11-21(18)15-4-6-16(7-5-15)25(23,24)20-14-3-8-17-13(12-14)9-10-19-17/h3-10,12,19-20H,1-2,11H2. The minimum atomic E-state index is -3.68. The molecule has 1 fully saturated rings. The van der Waals surface area contributed by atoms with Crippen LogP contribution < -0.4 is 9.62 Å². The molecular formula is C18H17N3O3S. The van der Waals surface area contributed by atoms with E-state index in [-0.39, 0.29) is 10.8 Å². The van der Waals surface area contributed by atoms with Gasteiger partial charge in [0.25, 0.3) is 10.0 Å². The molecule has 7 heteroatoms. The van der Waals surface area contributed by atoms with Crippen molar-refractivity contribution in [3.05, 3.63) is 54.7 Å². The lowest BCUT2D eigenvalue weighted by Gasteiger charge is -2.16. The van der Waals surface area contributed by atoms with E-state index in [1.54, 1.807) is 35.4 Å². The molecular weight excluding hydrogens is 338 g/mol. The smallest absolute Gasteiger partial charge is 0.261 e. The zero-order valence-electron chi connectivity index (χ0n) is 13.4. The number of carbonyl (C=O) groups is 1. The Labute approximate surface area is 145 Å². The van der Waals surface area contributed by atoms with Crippen LogP contribution in [0.3, 0.4) is 0 Å². The first-order valence-electron chi connectivity index (χ1n) is 8.03. The number of H-pyrrole nitrogens is 1. The highest BCUT2D eigenvalue weighted by molar-refractivity contribution is 7.92. The Balaban J connectivity index is 1.58. The number of nitrogens with one attached hydrogen (secondary N) is 2. The number of anilines is 2. The SMILES string of the molecule is O=C1CCCN1c1ccc(S(=O)(=O)Nc2ccc3[nH]ccc3c2)cc1. The molecule has 0 radical (unpaired) electrons. The van der Waals surface area contributed by atoms with Gasteiger partial charge in [0.1, 0.15) is 0 Å². The van der Waals surface area contributed by atoms with Crippen LogP contribution in [-0.4, -0.2) is 25.9 Å². The summed E-state index contributed by atoms with van der Waals surface area (Å²) in [7, 11) is -3.68. The third-order valence-corrected chi connectivity index (χ3v) is 5.73. The second-order valence-corrected chi connectivity index (χ2v) is 7.71. The van der Waals surface area contributed by atoms with Crippen LogP contribution in [-0.2, 0) is 14.8 Å². The monoisotopic (exact) mass is 355 g/mol. The molecule has 6 nitrogen and oxygen atoms in total. The Morgan fingerprint density at radius 1 is 1.04 bits per heavy atom. The molecule has 0 aliphatic carbocycles. The van der Waals surface area contributed by atoms with E-state index in [0.717, 1.165) is 23.0 Å². The van der Waals surface area contributed by atoms with Crippen molar-refractivity contribution >= 4 is 38.2 Å². The third-order valence-electron chi connectivity index (χ3n) is 4.34. The lowest BCUT2D eigenvalue weighted by molar-refractivity contribution is -0.117. The van der Waals surface area contributed by atoms with Crippen LogP contribution in [0.2, 0.25) is 0 Å². The van der Waals surface area contributed by atoms with Crippen molar-refractivity contribution in [2.45, 2.75) is 17.7 Å². The summed E-state index contributed by atoms with van der Waals surface area (Å²) in [4.78, 5) is 16.7. The molecule has 0 saturated carbocycles. The number of rotatable bonds is 4. The predicted molar refractivity (Wildman–Crippen MR) is 97.1 cm³/mol. The fourth-order valence-electron chi connectivity index (χ4n) is 3.06. The van der Waals surface area contributed by atoms with E-state index in [0.29, 0.717) is 18.7 Å². The fourth-order valence-corrected chi connectivity index (χ4v) is 4.11. The first kappa shape index (κ1) is 15.7. The Morgan fingerprint density at radius 3 is 2.56 bits per heavy atom. The van der Waals surface area contributed by atoms with Crippen molar-refractivity contribution in [2.24, 2.45) is 0 Å².